The molecule has 0 amide bonds. The molecule has 1 atom stereocenters. The van der Waals surface area contributed by atoms with Gasteiger partial charge < -0.3 is 10.2 Å². The van der Waals surface area contributed by atoms with Crippen molar-refractivity contribution in [2.24, 2.45) is 5.16 Å². The number of nitrogens with one attached hydrogen (secondary N) is 1. The van der Waals surface area contributed by atoms with Gasteiger partial charge in [0.25, 0.3) is 0 Å². The summed E-state index contributed by atoms with van der Waals surface area (Å²) < 4.78 is 0. The highest BCUT2D eigenvalue weighted by molar-refractivity contribution is 6.09. The highest BCUT2D eigenvalue weighted by Crippen LogP contribution is 2.29. The molecule has 1 unspecified atom stereocenters. The molecule has 1 spiro atoms. The van der Waals surface area contributed by atoms with Crippen molar-refractivity contribution in [3.05, 3.63) is 35.9 Å². The SMILES string of the molecule is C(#Cc1ccccc1)C1=NOC12CCNC2. The van der Waals surface area contributed by atoms with Crippen LogP contribution in [0.1, 0.15) is 12.0 Å². The quantitative estimate of drug-likeness (QED) is 0.655. The summed E-state index contributed by atoms with van der Waals surface area (Å²) >= 11 is 0. The average Bonchev–Trinajstić information content (AvgIpc) is 2.81. The third-order valence-corrected chi connectivity index (χ3v) is 2.96. The maximum absolute atomic E-state index is 5.30. The Balaban J connectivity index is 1.80. The monoisotopic (exact) mass is 212 g/mol. The fourth-order valence-electron chi connectivity index (χ4n) is 1.96. The summed E-state index contributed by atoms with van der Waals surface area (Å²) in [5.41, 5.74) is 1.67. The lowest BCUT2D eigenvalue weighted by Gasteiger charge is -2.31. The first-order valence-corrected chi connectivity index (χ1v) is 5.44. The van der Waals surface area contributed by atoms with Crippen LogP contribution in [0.3, 0.4) is 0 Å². The highest BCUT2D eigenvalue weighted by Gasteiger charge is 2.47. The zero-order valence-electron chi connectivity index (χ0n) is 8.86. The molecule has 1 aromatic carbocycles. The normalized spacial score (nSPS) is 26.4. The zero-order valence-corrected chi connectivity index (χ0v) is 8.86. The van der Waals surface area contributed by atoms with E-state index in [1.807, 2.05) is 30.3 Å². The number of hydrogen-bond donors (Lipinski definition) is 1. The molecular formula is C13H12N2O. The molecule has 1 aromatic rings. The Kier molecular flexibility index (Phi) is 2.16. The minimum absolute atomic E-state index is 0.220. The van der Waals surface area contributed by atoms with E-state index in [-0.39, 0.29) is 5.60 Å². The summed E-state index contributed by atoms with van der Waals surface area (Å²) in [7, 11) is 0. The maximum atomic E-state index is 5.30. The van der Waals surface area contributed by atoms with E-state index in [0.717, 1.165) is 30.8 Å². The van der Waals surface area contributed by atoms with Crippen LogP contribution in [0.15, 0.2) is 35.5 Å². The van der Waals surface area contributed by atoms with E-state index in [1.165, 1.54) is 0 Å². The number of oxime groups is 1. The molecule has 0 saturated carbocycles. The minimum atomic E-state index is -0.220. The molecular weight excluding hydrogens is 200 g/mol. The second kappa shape index (κ2) is 3.66. The van der Waals surface area contributed by atoms with E-state index in [4.69, 9.17) is 4.84 Å². The van der Waals surface area contributed by atoms with Crippen molar-refractivity contribution in [2.75, 3.05) is 13.1 Å². The summed E-state index contributed by atoms with van der Waals surface area (Å²) in [6, 6.07) is 9.93. The second-order valence-corrected chi connectivity index (χ2v) is 4.07. The smallest absolute Gasteiger partial charge is 0.204 e. The molecule has 0 aromatic heterocycles. The Labute approximate surface area is 94.5 Å². The lowest BCUT2D eigenvalue weighted by atomic mass is 9.95. The molecule has 1 N–H and O–H groups in total. The first kappa shape index (κ1) is 9.44. The predicted octanol–water partition coefficient (Wildman–Crippen LogP) is 1.16. The molecule has 0 aliphatic carbocycles. The Hall–Kier alpha value is -1.79. The summed E-state index contributed by atoms with van der Waals surface area (Å²) in [4.78, 5) is 5.30. The van der Waals surface area contributed by atoms with E-state index in [9.17, 15) is 0 Å². The lowest BCUT2D eigenvalue weighted by molar-refractivity contribution is -0.0157. The predicted molar refractivity (Wildman–Crippen MR) is 62.1 cm³/mol. The van der Waals surface area contributed by atoms with Crippen molar-refractivity contribution in [2.45, 2.75) is 12.0 Å². The summed E-state index contributed by atoms with van der Waals surface area (Å²) in [6.45, 7) is 1.81. The first-order valence-electron chi connectivity index (χ1n) is 5.44. The lowest BCUT2D eigenvalue weighted by Crippen LogP contribution is -2.48. The Morgan fingerprint density at radius 2 is 2.12 bits per heavy atom. The van der Waals surface area contributed by atoms with Crippen molar-refractivity contribution in [1.82, 2.24) is 5.32 Å². The van der Waals surface area contributed by atoms with Gasteiger partial charge in [0.2, 0.25) is 5.60 Å². The van der Waals surface area contributed by atoms with E-state index in [2.05, 4.69) is 22.3 Å². The van der Waals surface area contributed by atoms with Crippen LogP contribution in [0.2, 0.25) is 0 Å². The van der Waals surface area contributed by atoms with Gasteiger partial charge in [-0.15, -0.1) is 0 Å². The Morgan fingerprint density at radius 3 is 2.75 bits per heavy atom. The summed E-state index contributed by atoms with van der Waals surface area (Å²) in [6.07, 6.45) is 0.968. The van der Waals surface area contributed by atoms with Crippen molar-refractivity contribution < 1.29 is 4.84 Å². The second-order valence-electron chi connectivity index (χ2n) is 4.07. The van der Waals surface area contributed by atoms with Crippen LogP contribution in [0.25, 0.3) is 0 Å². The van der Waals surface area contributed by atoms with Crippen LogP contribution in [0.4, 0.5) is 0 Å². The maximum Gasteiger partial charge on any atom is 0.204 e. The van der Waals surface area contributed by atoms with Gasteiger partial charge in [0.1, 0.15) is 0 Å². The zero-order chi connectivity index (χ0) is 10.8. The molecule has 3 rings (SSSR count). The van der Waals surface area contributed by atoms with E-state index < -0.39 is 0 Å². The molecule has 2 aliphatic rings. The molecule has 1 fully saturated rings. The van der Waals surface area contributed by atoms with Gasteiger partial charge in [-0.05, 0) is 24.6 Å². The molecule has 3 heteroatoms. The minimum Gasteiger partial charge on any atom is -0.379 e. The summed E-state index contributed by atoms with van der Waals surface area (Å²) in [5.74, 6) is 6.21. The standard InChI is InChI=1S/C13H12N2O/c1-2-4-11(5-3-1)6-7-12-13(16-15-12)8-9-14-10-13/h1-5,14H,8-10H2. The van der Waals surface area contributed by atoms with Crippen molar-refractivity contribution in [3.63, 3.8) is 0 Å². The van der Waals surface area contributed by atoms with Gasteiger partial charge in [-0.1, -0.05) is 29.3 Å². The molecule has 0 radical (unpaired) electrons. The van der Waals surface area contributed by atoms with Gasteiger partial charge in [-0.2, -0.15) is 0 Å². The van der Waals surface area contributed by atoms with Crippen molar-refractivity contribution in [1.29, 1.82) is 0 Å². The number of rotatable bonds is 0. The van der Waals surface area contributed by atoms with Crippen LogP contribution in [0.5, 0.6) is 0 Å². The van der Waals surface area contributed by atoms with Gasteiger partial charge in [0.15, 0.2) is 5.71 Å². The van der Waals surface area contributed by atoms with E-state index in [1.54, 1.807) is 0 Å². The molecule has 2 aliphatic heterocycles. The van der Waals surface area contributed by atoms with E-state index in [0.29, 0.717) is 0 Å². The Bertz CT molecular complexity index is 476. The van der Waals surface area contributed by atoms with E-state index >= 15 is 0 Å². The largest absolute Gasteiger partial charge is 0.379 e. The molecule has 0 bridgehead atoms. The van der Waals surface area contributed by atoms with Gasteiger partial charge in [0.05, 0.1) is 0 Å². The molecule has 3 nitrogen and oxygen atoms in total. The number of benzene rings is 1. The topological polar surface area (TPSA) is 33.6 Å². The molecule has 80 valence electrons. The number of hydrogen-bond acceptors (Lipinski definition) is 3. The van der Waals surface area contributed by atoms with Crippen molar-refractivity contribution in [3.8, 4) is 11.8 Å². The van der Waals surface area contributed by atoms with Gasteiger partial charge in [-0.25, -0.2) is 0 Å². The van der Waals surface area contributed by atoms with Crippen LogP contribution >= 0.6 is 0 Å². The van der Waals surface area contributed by atoms with Crippen LogP contribution < -0.4 is 5.32 Å². The molecule has 16 heavy (non-hydrogen) atoms. The fourth-order valence-corrected chi connectivity index (χ4v) is 1.96. The fraction of sp³-hybridized carbons (Fsp3) is 0.308. The van der Waals surface area contributed by atoms with Crippen LogP contribution in [-0.2, 0) is 4.84 Å². The summed E-state index contributed by atoms with van der Waals surface area (Å²) in [5, 5.41) is 7.19. The first-order chi connectivity index (χ1) is 7.89. The van der Waals surface area contributed by atoms with Crippen LogP contribution in [0, 0.1) is 11.8 Å². The van der Waals surface area contributed by atoms with Crippen LogP contribution in [-0.4, -0.2) is 24.4 Å². The van der Waals surface area contributed by atoms with Gasteiger partial charge >= 0.3 is 0 Å². The third kappa shape index (κ3) is 1.48. The highest BCUT2D eigenvalue weighted by atomic mass is 16.7. The van der Waals surface area contributed by atoms with Crippen molar-refractivity contribution >= 4 is 5.71 Å². The molecule has 1 saturated heterocycles. The van der Waals surface area contributed by atoms with Gasteiger partial charge in [0, 0.05) is 18.5 Å². The average molecular weight is 212 g/mol. The Morgan fingerprint density at radius 1 is 1.25 bits per heavy atom. The molecule has 2 heterocycles. The third-order valence-electron chi connectivity index (χ3n) is 2.96. The number of nitrogens with zero attached hydrogens (tertiary/aromatic N) is 1. The van der Waals surface area contributed by atoms with Gasteiger partial charge in [-0.3, -0.25) is 0 Å².